The maximum Gasteiger partial charge on any atom is 0.258 e. The molecule has 0 saturated carbocycles. The number of sulfonamides is 1. The molecule has 2 atom stereocenters. The second kappa shape index (κ2) is 7.74. The van der Waals surface area contributed by atoms with Crippen molar-refractivity contribution in [1.29, 1.82) is 0 Å². The first-order valence-electron chi connectivity index (χ1n) is 10.1. The number of halogens is 2. The number of hydrogen-bond donors (Lipinski definition) is 0. The van der Waals surface area contributed by atoms with Gasteiger partial charge in [-0.1, -0.05) is 19.9 Å². The van der Waals surface area contributed by atoms with Crippen molar-refractivity contribution in [1.82, 2.24) is 4.31 Å². The Morgan fingerprint density at radius 2 is 1.77 bits per heavy atom. The predicted octanol–water partition coefficient (Wildman–Crippen LogP) is 3.83. The monoisotopic (exact) mass is 434 g/mol. The maximum atomic E-state index is 14.0. The molecule has 2 unspecified atom stereocenters. The second-order valence-corrected chi connectivity index (χ2v) is 10.3. The summed E-state index contributed by atoms with van der Waals surface area (Å²) in [6.07, 6.45) is 1.26. The number of carbonyl (C=O) groups excluding carboxylic acids is 1. The van der Waals surface area contributed by atoms with Gasteiger partial charge in [0.1, 0.15) is 11.6 Å². The number of anilines is 1. The van der Waals surface area contributed by atoms with Crippen LogP contribution < -0.4 is 4.90 Å². The molecule has 160 valence electrons. The number of amides is 1. The molecule has 0 N–H and O–H groups in total. The van der Waals surface area contributed by atoms with E-state index in [2.05, 4.69) is 0 Å². The van der Waals surface area contributed by atoms with E-state index in [0.717, 1.165) is 18.6 Å². The number of hydrogen-bond acceptors (Lipinski definition) is 3. The van der Waals surface area contributed by atoms with Gasteiger partial charge in [0.25, 0.3) is 5.91 Å². The van der Waals surface area contributed by atoms with E-state index in [9.17, 15) is 22.0 Å². The zero-order valence-electron chi connectivity index (χ0n) is 16.9. The molecule has 2 aromatic carbocycles. The summed E-state index contributed by atoms with van der Waals surface area (Å²) >= 11 is 0. The third-order valence-corrected chi connectivity index (χ3v) is 7.64. The Balaban J connectivity index is 1.64. The van der Waals surface area contributed by atoms with E-state index in [1.165, 1.54) is 33.5 Å². The van der Waals surface area contributed by atoms with Crippen molar-refractivity contribution >= 4 is 21.6 Å². The second-order valence-electron chi connectivity index (χ2n) is 8.39. The van der Waals surface area contributed by atoms with Gasteiger partial charge in [0.05, 0.1) is 10.6 Å². The number of benzene rings is 2. The molecular weight excluding hydrogens is 410 g/mol. The Morgan fingerprint density at radius 1 is 1.07 bits per heavy atom. The van der Waals surface area contributed by atoms with Crippen molar-refractivity contribution < 1.29 is 22.0 Å². The lowest BCUT2D eigenvalue weighted by Gasteiger charge is -2.34. The van der Waals surface area contributed by atoms with E-state index in [1.807, 2.05) is 13.8 Å². The first-order valence-corrected chi connectivity index (χ1v) is 11.5. The van der Waals surface area contributed by atoms with Crippen LogP contribution in [0.25, 0.3) is 0 Å². The van der Waals surface area contributed by atoms with E-state index in [0.29, 0.717) is 18.7 Å². The highest BCUT2D eigenvalue weighted by molar-refractivity contribution is 7.89. The van der Waals surface area contributed by atoms with Crippen LogP contribution in [0.3, 0.4) is 0 Å². The molecule has 0 radical (unpaired) electrons. The number of rotatable bonds is 3. The van der Waals surface area contributed by atoms with Gasteiger partial charge >= 0.3 is 0 Å². The van der Waals surface area contributed by atoms with Crippen molar-refractivity contribution in [3.63, 3.8) is 0 Å². The van der Waals surface area contributed by atoms with Gasteiger partial charge in [0.15, 0.2) is 0 Å². The molecular formula is C22H24F2N2O3S. The first-order chi connectivity index (χ1) is 14.2. The summed E-state index contributed by atoms with van der Waals surface area (Å²) in [7, 11) is -3.74. The van der Waals surface area contributed by atoms with Crippen LogP contribution in [0.4, 0.5) is 14.5 Å². The van der Waals surface area contributed by atoms with Crippen molar-refractivity contribution in [2.75, 3.05) is 24.5 Å². The maximum absolute atomic E-state index is 14.0. The lowest BCUT2D eigenvalue weighted by atomic mass is 9.94. The Bertz CT molecular complexity index is 1090. The fourth-order valence-electron chi connectivity index (χ4n) is 4.53. The Kier molecular flexibility index (Phi) is 5.40. The minimum absolute atomic E-state index is 0.0551. The van der Waals surface area contributed by atoms with Gasteiger partial charge in [-0.15, -0.1) is 0 Å². The summed E-state index contributed by atoms with van der Waals surface area (Å²) in [5.41, 5.74) is 0.668. The SMILES string of the molecule is CC1CC(C)CN(S(=O)(=O)c2cccc(C(=O)N3CCc4c(F)cc(F)cc43)c2)C1. The molecule has 2 aliphatic heterocycles. The molecule has 5 nitrogen and oxygen atoms in total. The molecule has 2 aliphatic rings. The van der Waals surface area contributed by atoms with Gasteiger partial charge in [0.2, 0.25) is 10.0 Å². The molecule has 1 amide bonds. The topological polar surface area (TPSA) is 57.7 Å². The number of nitrogens with zero attached hydrogens (tertiary/aromatic N) is 2. The molecule has 0 bridgehead atoms. The van der Waals surface area contributed by atoms with Gasteiger partial charge < -0.3 is 4.90 Å². The number of carbonyl (C=O) groups is 1. The Morgan fingerprint density at radius 3 is 2.47 bits per heavy atom. The van der Waals surface area contributed by atoms with Gasteiger partial charge in [0, 0.05) is 36.8 Å². The van der Waals surface area contributed by atoms with Gasteiger partial charge in [-0.25, -0.2) is 17.2 Å². The molecule has 0 aromatic heterocycles. The predicted molar refractivity (Wildman–Crippen MR) is 110 cm³/mol. The van der Waals surface area contributed by atoms with E-state index in [-0.39, 0.29) is 40.9 Å². The zero-order chi connectivity index (χ0) is 21.6. The molecule has 1 saturated heterocycles. The highest BCUT2D eigenvalue weighted by Gasteiger charge is 2.33. The molecule has 4 rings (SSSR count). The molecule has 8 heteroatoms. The average molecular weight is 435 g/mol. The van der Waals surface area contributed by atoms with Crippen LogP contribution in [0.1, 0.15) is 36.2 Å². The van der Waals surface area contributed by atoms with Gasteiger partial charge in [-0.3, -0.25) is 4.79 Å². The lowest BCUT2D eigenvalue weighted by Crippen LogP contribution is -2.42. The summed E-state index contributed by atoms with van der Waals surface area (Å²) < 4.78 is 55.5. The quantitative estimate of drug-likeness (QED) is 0.738. The molecule has 2 aromatic rings. The Hall–Kier alpha value is -2.32. The van der Waals surface area contributed by atoms with Gasteiger partial charge in [-0.2, -0.15) is 4.31 Å². The van der Waals surface area contributed by atoms with Gasteiger partial charge in [-0.05, 0) is 48.9 Å². The number of piperidine rings is 1. The van der Waals surface area contributed by atoms with Crippen molar-refractivity contribution in [2.24, 2.45) is 11.8 Å². The molecule has 0 aliphatic carbocycles. The zero-order valence-corrected chi connectivity index (χ0v) is 17.8. The fourth-order valence-corrected chi connectivity index (χ4v) is 6.26. The normalized spacial score (nSPS) is 22.2. The molecule has 30 heavy (non-hydrogen) atoms. The van der Waals surface area contributed by atoms with E-state index in [1.54, 1.807) is 0 Å². The Labute approximate surface area is 175 Å². The molecule has 0 spiro atoms. The van der Waals surface area contributed by atoms with E-state index in [4.69, 9.17) is 0 Å². The lowest BCUT2D eigenvalue weighted by molar-refractivity contribution is 0.0989. The average Bonchev–Trinajstić information content (AvgIpc) is 3.11. The largest absolute Gasteiger partial charge is 0.308 e. The van der Waals surface area contributed by atoms with Crippen LogP contribution in [-0.2, 0) is 16.4 Å². The van der Waals surface area contributed by atoms with Crippen molar-refractivity contribution in [3.05, 3.63) is 59.2 Å². The highest BCUT2D eigenvalue weighted by Crippen LogP contribution is 2.33. The standard InChI is InChI=1S/C22H24F2N2O3S/c1-14-8-15(2)13-25(12-14)30(28,29)18-5-3-4-16(9-18)22(27)26-7-6-19-20(24)10-17(23)11-21(19)26/h3-5,9-11,14-15H,6-8,12-13H2,1-2H3. The molecule has 2 heterocycles. The summed E-state index contributed by atoms with van der Waals surface area (Å²) in [5.74, 6) is -1.38. The van der Waals surface area contributed by atoms with E-state index >= 15 is 0 Å². The minimum atomic E-state index is -3.74. The van der Waals surface area contributed by atoms with Crippen LogP contribution in [0.15, 0.2) is 41.3 Å². The van der Waals surface area contributed by atoms with Crippen LogP contribution in [0, 0.1) is 23.5 Å². The smallest absolute Gasteiger partial charge is 0.258 e. The highest BCUT2D eigenvalue weighted by atomic mass is 32.2. The van der Waals surface area contributed by atoms with E-state index < -0.39 is 27.6 Å². The third-order valence-electron chi connectivity index (χ3n) is 5.81. The van der Waals surface area contributed by atoms with Crippen molar-refractivity contribution in [3.8, 4) is 0 Å². The summed E-state index contributed by atoms with van der Waals surface area (Å²) in [4.78, 5) is 14.4. The summed E-state index contributed by atoms with van der Waals surface area (Å²) in [6, 6.07) is 7.83. The number of fused-ring (bicyclic) bond motifs is 1. The molecule has 1 fully saturated rings. The van der Waals surface area contributed by atoms with Crippen LogP contribution >= 0.6 is 0 Å². The van der Waals surface area contributed by atoms with Crippen LogP contribution in [0.5, 0.6) is 0 Å². The fraction of sp³-hybridized carbons (Fsp3) is 0.409. The van der Waals surface area contributed by atoms with Crippen molar-refractivity contribution in [2.45, 2.75) is 31.6 Å². The summed E-state index contributed by atoms with van der Waals surface area (Å²) in [5, 5.41) is 0. The van der Waals surface area contributed by atoms with Crippen LogP contribution in [-0.4, -0.2) is 38.3 Å². The third kappa shape index (κ3) is 3.74. The van der Waals surface area contributed by atoms with Crippen LogP contribution in [0.2, 0.25) is 0 Å². The summed E-state index contributed by atoms with van der Waals surface area (Å²) in [6.45, 7) is 5.17. The minimum Gasteiger partial charge on any atom is -0.308 e. The first kappa shape index (κ1) is 20.9.